The van der Waals surface area contributed by atoms with Gasteiger partial charge in [-0.3, -0.25) is 4.79 Å². The van der Waals surface area contributed by atoms with Crippen LogP contribution in [0.3, 0.4) is 0 Å². The molecule has 0 saturated carbocycles. The first-order valence-corrected chi connectivity index (χ1v) is 8.12. The molecule has 2 heterocycles. The van der Waals surface area contributed by atoms with Crippen LogP contribution in [0, 0.1) is 13.8 Å². The molecule has 24 heavy (non-hydrogen) atoms. The van der Waals surface area contributed by atoms with Crippen LogP contribution in [0.2, 0.25) is 5.02 Å². The van der Waals surface area contributed by atoms with Crippen molar-refractivity contribution in [3.63, 3.8) is 0 Å². The molecule has 3 rings (SSSR count). The molecule has 0 bridgehead atoms. The van der Waals surface area contributed by atoms with Gasteiger partial charge in [0, 0.05) is 26.2 Å². The fourth-order valence-corrected chi connectivity index (χ4v) is 3.11. The van der Waals surface area contributed by atoms with Gasteiger partial charge in [-0.05, 0) is 31.0 Å². The van der Waals surface area contributed by atoms with E-state index in [1.165, 1.54) is 0 Å². The number of hydrogen-bond donors (Lipinski definition) is 1. The molecule has 0 atom stereocenters. The van der Waals surface area contributed by atoms with Gasteiger partial charge in [-0.15, -0.1) is 5.10 Å². The Labute approximate surface area is 145 Å². The molecule has 1 saturated heterocycles. The van der Waals surface area contributed by atoms with Crippen molar-refractivity contribution >= 4 is 35.5 Å². The summed E-state index contributed by atoms with van der Waals surface area (Å²) in [6.07, 6.45) is 2.51. The number of nitrogens with zero attached hydrogens (tertiary/aromatic N) is 5. The summed E-state index contributed by atoms with van der Waals surface area (Å²) in [5, 5.41) is 11.9. The van der Waals surface area contributed by atoms with E-state index in [0.717, 1.165) is 42.1 Å². The number of carbonyl (C=O) groups is 1. The third-order valence-corrected chi connectivity index (χ3v) is 4.30. The van der Waals surface area contributed by atoms with E-state index < -0.39 is 0 Å². The average molecular weight is 347 g/mol. The lowest BCUT2D eigenvalue weighted by molar-refractivity contribution is -0.118. The number of piperazine rings is 1. The average Bonchev–Trinajstić information content (AvgIpc) is 2.58. The highest BCUT2D eigenvalue weighted by atomic mass is 35.5. The molecule has 1 N–H and O–H groups in total. The molecule has 1 aliphatic rings. The lowest BCUT2D eigenvalue weighted by Gasteiger charge is -2.33. The Balaban J connectivity index is 1.78. The number of aryl methyl sites for hydroxylation is 2. The lowest BCUT2D eigenvalue weighted by atomic mass is 10.1. The number of anilines is 3. The van der Waals surface area contributed by atoms with Gasteiger partial charge in [0.2, 0.25) is 12.4 Å². The summed E-state index contributed by atoms with van der Waals surface area (Å²) in [5.41, 5.74) is 2.91. The van der Waals surface area contributed by atoms with Crippen LogP contribution in [-0.4, -0.2) is 52.7 Å². The van der Waals surface area contributed by atoms with E-state index in [9.17, 15) is 4.79 Å². The maximum absolute atomic E-state index is 10.8. The summed E-state index contributed by atoms with van der Waals surface area (Å²) in [5.74, 6) is 1.14. The van der Waals surface area contributed by atoms with Gasteiger partial charge in [0.25, 0.3) is 0 Å². The van der Waals surface area contributed by atoms with Crippen LogP contribution in [0.5, 0.6) is 0 Å². The van der Waals surface area contributed by atoms with Crippen molar-refractivity contribution in [2.75, 3.05) is 36.4 Å². The molecule has 0 aliphatic carbocycles. The number of carbonyl (C=O) groups excluding carboxylic acids is 1. The molecule has 8 heteroatoms. The molecule has 7 nitrogen and oxygen atoms in total. The van der Waals surface area contributed by atoms with E-state index in [1.807, 2.05) is 26.0 Å². The fraction of sp³-hybridized carbons (Fsp3) is 0.375. The minimum Gasteiger partial charge on any atom is -0.352 e. The zero-order valence-corrected chi connectivity index (χ0v) is 14.4. The Morgan fingerprint density at radius 1 is 1.21 bits per heavy atom. The fourth-order valence-electron chi connectivity index (χ4n) is 2.74. The summed E-state index contributed by atoms with van der Waals surface area (Å²) in [7, 11) is 0. The number of halogens is 1. The van der Waals surface area contributed by atoms with Gasteiger partial charge in [-0.1, -0.05) is 17.7 Å². The van der Waals surface area contributed by atoms with Gasteiger partial charge in [-0.2, -0.15) is 10.1 Å². The Morgan fingerprint density at radius 2 is 1.96 bits per heavy atom. The molecule has 2 aromatic rings. The number of nitrogens with one attached hydrogen (secondary N) is 1. The largest absolute Gasteiger partial charge is 0.352 e. The van der Waals surface area contributed by atoms with Crippen LogP contribution < -0.4 is 10.2 Å². The monoisotopic (exact) mass is 346 g/mol. The predicted octanol–water partition coefficient (Wildman–Crippen LogP) is 2.16. The molecular formula is C16H19ClN6O. The van der Waals surface area contributed by atoms with Crippen LogP contribution in [0.4, 0.5) is 17.5 Å². The number of rotatable bonds is 4. The number of hydrogen-bond acceptors (Lipinski definition) is 6. The predicted molar refractivity (Wildman–Crippen MR) is 93.9 cm³/mol. The Bertz CT molecular complexity index is 722. The minimum absolute atomic E-state index is 0.402. The van der Waals surface area contributed by atoms with Gasteiger partial charge < -0.3 is 15.1 Å². The van der Waals surface area contributed by atoms with Crippen molar-refractivity contribution in [3.8, 4) is 0 Å². The van der Waals surface area contributed by atoms with E-state index in [1.54, 1.807) is 11.1 Å². The van der Waals surface area contributed by atoms with E-state index in [4.69, 9.17) is 11.6 Å². The first-order chi connectivity index (χ1) is 11.6. The highest BCUT2D eigenvalue weighted by Gasteiger charge is 2.18. The summed E-state index contributed by atoms with van der Waals surface area (Å²) >= 11 is 6.32. The molecule has 0 unspecified atom stereocenters. The normalized spacial score (nSPS) is 14.6. The van der Waals surface area contributed by atoms with Gasteiger partial charge in [0.1, 0.15) is 0 Å². The van der Waals surface area contributed by atoms with Crippen LogP contribution in [0.25, 0.3) is 0 Å². The maximum Gasteiger partial charge on any atom is 0.249 e. The summed E-state index contributed by atoms with van der Waals surface area (Å²) in [6, 6.07) is 3.94. The van der Waals surface area contributed by atoms with Gasteiger partial charge in [0.05, 0.1) is 16.9 Å². The minimum atomic E-state index is 0.402. The van der Waals surface area contributed by atoms with Crippen molar-refractivity contribution in [3.05, 3.63) is 34.5 Å². The van der Waals surface area contributed by atoms with Crippen molar-refractivity contribution < 1.29 is 4.79 Å². The first-order valence-electron chi connectivity index (χ1n) is 7.74. The highest BCUT2D eigenvalue weighted by molar-refractivity contribution is 6.33. The third-order valence-electron chi connectivity index (χ3n) is 4.00. The first kappa shape index (κ1) is 16.4. The van der Waals surface area contributed by atoms with Crippen molar-refractivity contribution in [2.45, 2.75) is 13.8 Å². The molecule has 1 aliphatic heterocycles. The van der Waals surface area contributed by atoms with Crippen LogP contribution in [-0.2, 0) is 4.79 Å². The van der Waals surface area contributed by atoms with Gasteiger partial charge in [0.15, 0.2) is 5.82 Å². The summed E-state index contributed by atoms with van der Waals surface area (Å²) in [4.78, 5) is 19.2. The number of aromatic nitrogens is 3. The maximum atomic E-state index is 10.8. The zero-order valence-electron chi connectivity index (χ0n) is 13.7. The second-order valence-electron chi connectivity index (χ2n) is 5.83. The second-order valence-corrected chi connectivity index (χ2v) is 6.24. The molecule has 0 spiro atoms. The standard InChI is InChI=1S/C16H19ClN6O/c1-11-7-12(2)15(13(17)8-11)20-16-19-14(9-18-21-16)23-5-3-22(10-24)4-6-23/h7-10H,3-6H2,1-2H3,(H,19,20,21). The smallest absolute Gasteiger partial charge is 0.249 e. The topological polar surface area (TPSA) is 74.2 Å². The molecule has 1 amide bonds. The Morgan fingerprint density at radius 3 is 2.62 bits per heavy atom. The zero-order chi connectivity index (χ0) is 17.1. The lowest BCUT2D eigenvalue weighted by Crippen LogP contribution is -2.46. The second kappa shape index (κ2) is 7.00. The molecule has 1 fully saturated rings. The number of benzene rings is 1. The van der Waals surface area contributed by atoms with Crippen molar-refractivity contribution in [1.82, 2.24) is 20.1 Å². The molecule has 126 valence electrons. The SMILES string of the molecule is Cc1cc(C)c(Nc2nncc(N3CCN(C=O)CC3)n2)c(Cl)c1. The van der Waals surface area contributed by atoms with E-state index in [2.05, 4.69) is 25.4 Å². The van der Waals surface area contributed by atoms with Gasteiger partial charge >= 0.3 is 0 Å². The Hall–Kier alpha value is -2.41. The molecular weight excluding hydrogens is 328 g/mol. The van der Waals surface area contributed by atoms with E-state index in [-0.39, 0.29) is 0 Å². The molecule has 1 aromatic heterocycles. The highest BCUT2D eigenvalue weighted by Crippen LogP contribution is 2.29. The van der Waals surface area contributed by atoms with Gasteiger partial charge in [-0.25, -0.2) is 0 Å². The Kier molecular flexibility index (Phi) is 4.80. The summed E-state index contributed by atoms with van der Waals surface area (Å²) in [6.45, 7) is 6.79. The van der Waals surface area contributed by atoms with Crippen LogP contribution in [0.1, 0.15) is 11.1 Å². The van der Waals surface area contributed by atoms with Crippen molar-refractivity contribution in [1.29, 1.82) is 0 Å². The molecule has 0 radical (unpaired) electrons. The quantitative estimate of drug-likeness (QED) is 0.855. The van der Waals surface area contributed by atoms with Crippen molar-refractivity contribution in [2.24, 2.45) is 0 Å². The molecule has 1 aromatic carbocycles. The van der Waals surface area contributed by atoms with Crippen LogP contribution in [0.15, 0.2) is 18.3 Å². The summed E-state index contributed by atoms with van der Waals surface area (Å²) < 4.78 is 0. The van der Waals surface area contributed by atoms with E-state index in [0.29, 0.717) is 24.1 Å². The van der Waals surface area contributed by atoms with Crippen LogP contribution >= 0.6 is 11.6 Å². The third kappa shape index (κ3) is 3.56. The number of amides is 1. The van der Waals surface area contributed by atoms with E-state index >= 15 is 0 Å².